The number of halogens is 1. The summed E-state index contributed by atoms with van der Waals surface area (Å²) in [5, 5.41) is 0. The first-order chi connectivity index (χ1) is 6.80. The summed E-state index contributed by atoms with van der Waals surface area (Å²) >= 11 is 3.26. The predicted octanol–water partition coefficient (Wildman–Crippen LogP) is 2.60. The maximum Gasteiger partial charge on any atom is 0.410 e. The molecular formula is C10H13BrN2O2. The van der Waals surface area contributed by atoms with Crippen molar-refractivity contribution in [1.29, 1.82) is 0 Å². The van der Waals surface area contributed by atoms with E-state index in [0.29, 0.717) is 11.4 Å². The fourth-order valence-electron chi connectivity index (χ4n) is 1.17. The largest absolute Gasteiger partial charge is 0.410 e. The Bertz CT molecular complexity index is 385. The molecule has 0 spiro atoms. The summed E-state index contributed by atoms with van der Waals surface area (Å²) < 4.78 is 5.64. The lowest BCUT2D eigenvalue weighted by Crippen LogP contribution is -2.21. The molecule has 0 atom stereocenters. The summed E-state index contributed by atoms with van der Waals surface area (Å²) in [4.78, 5) is 14.9. The summed E-state index contributed by atoms with van der Waals surface area (Å²) in [5.74, 6) is 0.393. The van der Waals surface area contributed by atoms with Crippen molar-refractivity contribution >= 4 is 22.0 Å². The van der Waals surface area contributed by atoms with E-state index in [2.05, 4.69) is 20.9 Å². The Morgan fingerprint density at radius 1 is 1.53 bits per heavy atom. The monoisotopic (exact) mass is 272 g/mol. The number of hydrogen-bond acceptors (Lipinski definition) is 3. The van der Waals surface area contributed by atoms with Gasteiger partial charge >= 0.3 is 6.09 Å². The van der Waals surface area contributed by atoms with E-state index >= 15 is 0 Å². The summed E-state index contributed by atoms with van der Waals surface area (Å²) in [6.07, 6.45) is 0.828. The molecule has 2 N–H and O–H groups in total. The number of aromatic nitrogens is 1. The van der Waals surface area contributed by atoms with Gasteiger partial charge in [0.1, 0.15) is 0 Å². The molecule has 82 valence electrons. The van der Waals surface area contributed by atoms with Gasteiger partial charge in [-0.3, -0.25) is 4.98 Å². The van der Waals surface area contributed by atoms with Crippen molar-refractivity contribution in [2.24, 2.45) is 5.73 Å². The average Bonchev–Trinajstić information content (AvgIpc) is 1.99. The SMILES string of the molecule is CC(C)(C)c1ncc(Br)cc1OC(N)=O. The number of carbonyl (C=O) groups excluding carboxylic acids is 1. The fraction of sp³-hybridized carbons (Fsp3) is 0.400. The topological polar surface area (TPSA) is 65.2 Å². The molecule has 0 aliphatic heterocycles. The van der Waals surface area contributed by atoms with Gasteiger partial charge in [0.25, 0.3) is 0 Å². The van der Waals surface area contributed by atoms with E-state index in [1.807, 2.05) is 20.8 Å². The number of carbonyl (C=O) groups is 1. The Balaban J connectivity index is 3.20. The van der Waals surface area contributed by atoms with Crippen LogP contribution in [0.15, 0.2) is 16.7 Å². The van der Waals surface area contributed by atoms with Crippen molar-refractivity contribution in [1.82, 2.24) is 4.98 Å². The van der Waals surface area contributed by atoms with Crippen LogP contribution in [0.1, 0.15) is 26.5 Å². The summed E-state index contributed by atoms with van der Waals surface area (Å²) in [6.45, 7) is 5.95. The summed E-state index contributed by atoms with van der Waals surface area (Å²) in [7, 11) is 0. The van der Waals surface area contributed by atoms with Gasteiger partial charge in [-0.1, -0.05) is 20.8 Å². The highest BCUT2D eigenvalue weighted by Crippen LogP contribution is 2.31. The summed E-state index contributed by atoms with van der Waals surface area (Å²) in [5.41, 5.74) is 5.48. The Morgan fingerprint density at radius 3 is 2.60 bits per heavy atom. The van der Waals surface area contributed by atoms with Crippen LogP contribution < -0.4 is 10.5 Å². The van der Waals surface area contributed by atoms with Gasteiger partial charge in [0.15, 0.2) is 5.75 Å². The third-order valence-electron chi connectivity index (χ3n) is 1.74. The predicted molar refractivity (Wildman–Crippen MR) is 60.8 cm³/mol. The second kappa shape index (κ2) is 4.18. The zero-order chi connectivity index (χ0) is 11.6. The van der Waals surface area contributed by atoms with E-state index < -0.39 is 6.09 Å². The lowest BCUT2D eigenvalue weighted by atomic mass is 9.91. The molecule has 0 saturated heterocycles. The number of nitrogens with two attached hydrogens (primary N) is 1. The lowest BCUT2D eigenvalue weighted by molar-refractivity contribution is 0.209. The van der Waals surface area contributed by atoms with E-state index in [0.717, 1.165) is 4.47 Å². The normalized spacial score (nSPS) is 11.2. The van der Waals surface area contributed by atoms with Crippen LogP contribution in [0.5, 0.6) is 5.75 Å². The van der Waals surface area contributed by atoms with Crippen molar-refractivity contribution in [3.05, 3.63) is 22.4 Å². The molecule has 1 amide bonds. The Kier molecular flexibility index (Phi) is 3.34. The molecule has 0 fully saturated rings. The van der Waals surface area contributed by atoms with E-state index in [-0.39, 0.29) is 5.41 Å². The van der Waals surface area contributed by atoms with Gasteiger partial charge in [-0.15, -0.1) is 0 Å². The minimum absolute atomic E-state index is 0.203. The molecule has 4 nitrogen and oxygen atoms in total. The highest BCUT2D eigenvalue weighted by molar-refractivity contribution is 9.10. The maximum absolute atomic E-state index is 10.7. The lowest BCUT2D eigenvalue weighted by Gasteiger charge is -2.20. The van der Waals surface area contributed by atoms with Crippen molar-refractivity contribution in [2.75, 3.05) is 0 Å². The smallest absolute Gasteiger partial charge is 0.408 e. The van der Waals surface area contributed by atoms with Crippen LogP contribution in [0.2, 0.25) is 0 Å². The molecule has 0 aromatic carbocycles. The first-order valence-electron chi connectivity index (χ1n) is 4.44. The molecule has 1 rings (SSSR count). The Labute approximate surface area is 97.0 Å². The number of pyridine rings is 1. The molecule has 0 unspecified atom stereocenters. The number of primary amides is 1. The molecule has 0 bridgehead atoms. The third kappa shape index (κ3) is 3.20. The van der Waals surface area contributed by atoms with Gasteiger partial charge in [-0.25, -0.2) is 4.79 Å². The standard InChI is InChI=1S/C10H13BrN2O2/c1-10(2,3)8-7(15-9(12)14)4-6(11)5-13-8/h4-5H,1-3H3,(H2,12,14). The molecule has 0 aliphatic carbocycles. The van der Waals surface area contributed by atoms with Crippen LogP contribution in [0.4, 0.5) is 4.79 Å². The number of hydrogen-bond donors (Lipinski definition) is 1. The van der Waals surface area contributed by atoms with Crippen LogP contribution >= 0.6 is 15.9 Å². The zero-order valence-electron chi connectivity index (χ0n) is 8.87. The molecule has 1 aromatic rings. The highest BCUT2D eigenvalue weighted by Gasteiger charge is 2.22. The van der Waals surface area contributed by atoms with Gasteiger partial charge in [0.2, 0.25) is 0 Å². The van der Waals surface area contributed by atoms with Crippen molar-refractivity contribution < 1.29 is 9.53 Å². The van der Waals surface area contributed by atoms with Gasteiger partial charge in [0, 0.05) is 16.1 Å². The third-order valence-corrected chi connectivity index (χ3v) is 2.17. The molecule has 1 aromatic heterocycles. The van der Waals surface area contributed by atoms with E-state index in [1.165, 1.54) is 0 Å². The number of ether oxygens (including phenoxy) is 1. The number of amides is 1. The van der Waals surface area contributed by atoms with E-state index in [9.17, 15) is 4.79 Å². The number of rotatable bonds is 1. The highest BCUT2D eigenvalue weighted by atomic mass is 79.9. The molecule has 5 heteroatoms. The average molecular weight is 273 g/mol. The molecule has 15 heavy (non-hydrogen) atoms. The fourth-order valence-corrected chi connectivity index (χ4v) is 1.48. The molecule has 0 radical (unpaired) electrons. The Hall–Kier alpha value is -1.10. The Morgan fingerprint density at radius 2 is 2.13 bits per heavy atom. The van der Waals surface area contributed by atoms with Crippen LogP contribution in [-0.2, 0) is 5.41 Å². The second-order valence-electron chi connectivity index (χ2n) is 4.17. The molecule has 1 heterocycles. The molecule has 0 aliphatic rings. The summed E-state index contributed by atoms with van der Waals surface area (Å²) in [6, 6.07) is 1.68. The van der Waals surface area contributed by atoms with Gasteiger partial charge in [-0.2, -0.15) is 0 Å². The first kappa shape index (κ1) is 12.0. The van der Waals surface area contributed by atoms with Crippen molar-refractivity contribution in [2.45, 2.75) is 26.2 Å². The van der Waals surface area contributed by atoms with Gasteiger partial charge in [0.05, 0.1) is 5.69 Å². The number of nitrogens with zero attached hydrogens (tertiary/aromatic N) is 1. The first-order valence-corrected chi connectivity index (χ1v) is 5.23. The van der Waals surface area contributed by atoms with E-state index in [1.54, 1.807) is 12.3 Å². The van der Waals surface area contributed by atoms with Crippen LogP contribution in [0.3, 0.4) is 0 Å². The van der Waals surface area contributed by atoms with Crippen LogP contribution in [0.25, 0.3) is 0 Å². The quantitative estimate of drug-likeness (QED) is 0.855. The second-order valence-corrected chi connectivity index (χ2v) is 5.09. The molecule has 0 saturated carbocycles. The molecular weight excluding hydrogens is 260 g/mol. The minimum atomic E-state index is -0.833. The van der Waals surface area contributed by atoms with Gasteiger partial charge in [-0.05, 0) is 22.0 Å². The van der Waals surface area contributed by atoms with Crippen LogP contribution in [-0.4, -0.2) is 11.1 Å². The van der Waals surface area contributed by atoms with Crippen molar-refractivity contribution in [3.63, 3.8) is 0 Å². The van der Waals surface area contributed by atoms with Gasteiger partial charge < -0.3 is 10.5 Å². The van der Waals surface area contributed by atoms with E-state index in [4.69, 9.17) is 10.5 Å². The zero-order valence-corrected chi connectivity index (χ0v) is 10.5. The van der Waals surface area contributed by atoms with Crippen molar-refractivity contribution in [3.8, 4) is 5.75 Å². The maximum atomic E-state index is 10.7. The minimum Gasteiger partial charge on any atom is -0.408 e. The van der Waals surface area contributed by atoms with Crippen LogP contribution in [0, 0.1) is 0 Å².